The summed E-state index contributed by atoms with van der Waals surface area (Å²) in [6.45, 7) is 3.50. The molecule has 1 aliphatic heterocycles. The van der Waals surface area contributed by atoms with Crippen molar-refractivity contribution in [1.82, 2.24) is 10.2 Å². The van der Waals surface area contributed by atoms with Gasteiger partial charge in [-0.05, 0) is 26.0 Å². The van der Waals surface area contributed by atoms with E-state index in [1.54, 1.807) is 18.7 Å². The van der Waals surface area contributed by atoms with E-state index in [1.807, 2.05) is 30.3 Å². The molecule has 1 aromatic rings. The van der Waals surface area contributed by atoms with Gasteiger partial charge in [0.15, 0.2) is 0 Å². The molecule has 90 valence electrons. The van der Waals surface area contributed by atoms with Gasteiger partial charge in [0, 0.05) is 4.90 Å². The van der Waals surface area contributed by atoms with Gasteiger partial charge in [-0.2, -0.15) is 0 Å². The molecule has 0 radical (unpaired) electrons. The molecule has 4 nitrogen and oxygen atoms in total. The smallest absolute Gasteiger partial charge is 0.301 e. The van der Waals surface area contributed by atoms with Gasteiger partial charge in [0.1, 0.15) is 5.54 Å². The zero-order valence-electron chi connectivity index (χ0n) is 9.77. The van der Waals surface area contributed by atoms with Crippen LogP contribution in [0.3, 0.4) is 0 Å². The highest BCUT2D eigenvalue weighted by Gasteiger charge is 2.45. The fourth-order valence-electron chi connectivity index (χ4n) is 1.57. The normalized spacial score (nSPS) is 18.4. The highest BCUT2D eigenvalue weighted by Crippen LogP contribution is 2.26. The molecule has 0 aliphatic carbocycles. The standard InChI is InChI=1S/C12H14N2O2S/c1-12(2)10(15)13-11(16)14(12)8-17-9-6-4-3-5-7-9/h3-7H,8H2,1-2H3,(H,13,15,16). The van der Waals surface area contributed by atoms with Gasteiger partial charge in [-0.3, -0.25) is 10.1 Å². The molecule has 1 saturated heterocycles. The van der Waals surface area contributed by atoms with E-state index in [1.165, 1.54) is 11.8 Å². The summed E-state index contributed by atoms with van der Waals surface area (Å²) < 4.78 is 0. The summed E-state index contributed by atoms with van der Waals surface area (Å²) >= 11 is 1.54. The van der Waals surface area contributed by atoms with Crippen LogP contribution in [0.5, 0.6) is 0 Å². The van der Waals surface area contributed by atoms with E-state index in [-0.39, 0.29) is 11.9 Å². The van der Waals surface area contributed by atoms with E-state index in [2.05, 4.69) is 5.32 Å². The number of carbonyl (C=O) groups is 2. The number of urea groups is 1. The minimum absolute atomic E-state index is 0.240. The topological polar surface area (TPSA) is 49.4 Å². The second-order valence-corrected chi connectivity index (χ2v) is 5.35. The zero-order chi connectivity index (χ0) is 12.5. The molecule has 1 heterocycles. The van der Waals surface area contributed by atoms with Crippen LogP contribution in [0.25, 0.3) is 0 Å². The number of hydrogen-bond donors (Lipinski definition) is 1. The van der Waals surface area contributed by atoms with E-state index in [4.69, 9.17) is 0 Å². The van der Waals surface area contributed by atoms with Crippen LogP contribution in [0.2, 0.25) is 0 Å². The minimum atomic E-state index is -0.765. The Balaban J connectivity index is 2.04. The highest BCUT2D eigenvalue weighted by molar-refractivity contribution is 7.99. The molecule has 5 heteroatoms. The SMILES string of the molecule is CC1(C)C(=O)NC(=O)N1CSc1ccccc1. The van der Waals surface area contributed by atoms with Crippen LogP contribution in [-0.2, 0) is 4.79 Å². The molecule has 1 N–H and O–H groups in total. The van der Waals surface area contributed by atoms with Crippen molar-refractivity contribution in [2.45, 2.75) is 24.3 Å². The van der Waals surface area contributed by atoms with Crippen LogP contribution in [0.1, 0.15) is 13.8 Å². The Hall–Kier alpha value is -1.49. The highest BCUT2D eigenvalue weighted by atomic mass is 32.2. The quantitative estimate of drug-likeness (QED) is 0.660. The van der Waals surface area contributed by atoms with Crippen LogP contribution in [-0.4, -0.2) is 28.3 Å². The summed E-state index contributed by atoms with van der Waals surface area (Å²) in [5.74, 6) is 0.227. The fourth-order valence-corrected chi connectivity index (χ4v) is 2.64. The summed E-state index contributed by atoms with van der Waals surface area (Å²) in [6, 6.07) is 9.48. The third-order valence-electron chi connectivity index (χ3n) is 2.80. The predicted octanol–water partition coefficient (Wildman–Crippen LogP) is 2.07. The average molecular weight is 250 g/mol. The maximum absolute atomic E-state index is 11.6. The minimum Gasteiger partial charge on any atom is -0.301 e. The second-order valence-electron chi connectivity index (χ2n) is 4.33. The molecule has 0 spiro atoms. The summed E-state index contributed by atoms with van der Waals surface area (Å²) in [5.41, 5.74) is -0.765. The first-order valence-electron chi connectivity index (χ1n) is 5.33. The molecule has 0 saturated carbocycles. The maximum Gasteiger partial charge on any atom is 0.325 e. The third-order valence-corrected chi connectivity index (χ3v) is 3.79. The lowest BCUT2D eigenvalue weighted by Gasteiger charge is -2.27. The van der Waals surface area contributed by atoms with Crippen molar-refractivity contribution in [3.63, 3.8) is 0 Å². The van der Waals surface area contributed by atoms with Gasteiger partial charge in [0.05, 0.1) is 5.88 Å². The van der Waals surface area contributed by atoms with Crippen molar-refractivity contribution < 1.29 is 9.59 Å². The van der Waals surface area contributed by atoms with Crippen molar-refractivity contribution >= 4 is 23.7 Å². The lowest BCUT2D eigenvalue weighted by molar-refractivity contribution is -0.124. The molecule has 3 amide bonds. The molecule has 0 unspecified atom stereocenters. The van der Waals surface area contributed by atoms with Crippen LogP contribution in [0.4, 0.5) is 4.79 Å². The monoisotopic (exact) mass is 250 g/mol. The Morgan fingerprint density at radius 3 is 2.41 bits per heavy atom. The Bertz CT molecular complexity index is 445. The van der Waals surface area contributed by atoms with Crippen molar-refractivity contribution in [3.05, 3.63) is 30.3 Å². The summed E-state index contributed by atoms with van der Waals surface area (Å²) in [6.07, 6.45) is 0. The number of imide groups is 1. The number of nitrogens with zero attached hydrogens (tertiary/aromatic N) is 1. The van der Waals surface area contributed by atoms with Gasteiger partial charge in [0.2, 0.25) is 0 Å². The average Bonchev–Trinajstić information content (AvgIpc) is 2.48. The van der Waals surface area contributed by atoms with Gasteiger partial charge < -0.3 is 4.90 Å². The molecule has 1 aromatic carbocycles. The fraction of sp³-hybridized carbons (Fsp3) is 0.333. The maximum atomic E-state index is 11.6. The van der Waals surface area contributed by atoms with Crippen molar-refractivity contribution in [2.75, 3.05) is 5.88 Å². The van der Waals surface area contributed by atoms with Crippen molar-refractivity contribution in [3.8, 4) is 0 Å². The first-order valence-corrected chi connectivity index (χ1v) is 6.31. The number of nitrogens with one attached hydrogen (secondary N) is 1. The lowest BCUT2D eigenvalue weighted by Crippen LogP contribution is -2.43. The molecular formula is C12H14N2O2S. The number of benzene rings is 1. The largest absolute Gasteiger partial charge is 0.325 e. The Labute approximate surface area is 104 Å². The van der Waals surface area contributed by atoms with Gasteiger partial charge in [-0.1, -0.05) is 18.2 Å². The summed E-state index contributed by atoms with van der Waals surface area (Å²) in [4.78, 5) is 25.8. The number of rotatable bonds is 3. The molecule has 17 heavy (non-hydrogen) atoms. The molecule has 0 aromatic heterocycles. The van der Waals surface area contributed by atoms with Gasteiger partial charge >= 0.3 is 6.03 Å². The van der Waals surface area contributed by atoms with Gasteiger partial charge in [-0.25, -0.2) is 4.79 Å². The number of amides is 3. The lowest BCUT2D eigenvalue weighted by atomic mass is 10.1. The third kappa shape index (κ3) is 2.29. The molecule has 1 fully saturated rings. The Kier molecular flexibility index (Phi) is 3.11. The zero-order valence-corrected chi connectivity index (χ0v) is 10.6. The molecule has 1 aliphatic rings. The van der Waals surface area contributed by atoms with E-state index in [9.17, 15) is 9.59 Å². The molecule has 0 atom stereocenters. The van der Waals surface area contributed by atoms with Gasteiger partial charge in [-0.15, -0.1) is 11.8 Å². The summed E-state index contributed by atoms with van der Waals surface area (Å²) in [7, 11) is 0. The Morgan fingerprint density at radius 2 is 1.88 bits per heavy atom. The van der Waals surface area contributed by atoms with Crippen LogP contribution >= 0.6 is 11.8 Å². The van der Waals surface area contributed by atoms with Crippen molar-refractivity contribution in [2.24, 2.45) is 0 Å². The van der Waals surface area contributed by atoms with E-state index < -0.39 is 5.54 Å². The number of hydrogen-bond acceptors (Lipinski definition) is 3. The van der Waals surface area contributed by atoms with Gasteiger partial charge in [0.25, 0.3) is 5.91 Å². The van der Waals surface area contributed by atoms with Crippen LogP contribution in [0, 0.1) is 0 Å². The van der Waals surface area contributed by atoms with E-state index in [0.29, 0.717) is 5.88 Å². The predicted molar refractivity (Wildman–Crippen MR) is 66.6 cm³/mol. The second kappa shape index (κ2) is 4.41. The van der Waals surface area contributed by atoms with E-state index >= 15 is 0 Å². The molecule has 2 rings (SSSR count). The summed E-state index contributed by atoms with van der Waals surface area (Å²) in [5, 5.41) is 2.33. The number of thioether (sulfide) groups is 1. The number of carbonyl (C=O) groups excluding carboxylic acids is 2. The first kappa shape index (κ1) is 12.0. The molecule has 0 bridgehead atoms. The van der Waals surface area contributed by atoms with Crippen LogP contribution < -0.4 is 5.32 Å². The van der Waals surface area contributed by atoms with Crippen LogP contribution in [0.15, 0.2) is 35.2 Å². The van der Waals surface area contributed by atoms with E-state index in [0.717, 1.165) is 4.90 Å². The Morgan fingerprint density at radius 1 is 1.24 bits per heavy atom. The van der Waals surface area contributed by atoms with Crippen molar-refractivity contribution in [1.29, 1.82) is 0 Å². The molecular weight excluding hydrogens is 236 g/mol. The first-order chi connectivity index (χ1) is 8.01.